The van der Waals surface area contributed by atoms with E-state index in [0.717, 1.165) is 29.7 Å². The lowest BCUT2D eigenvalue weighted by Gasteiger charge is -2.32. The summed E-state index contributed by atoms with van der Waals surface area (Å²) in [5, 5.41) is 6.28. The van der Waals surface area contributed by atoms with E-state index in [4.69, 9.17) is 4.98 Å². The molecule has 32 heavy (non-hydrogen) atoms. The van der Waals surface area contributed by atoms with E-state index in [2.05, 4.69) is 39.6 Å². The molecule has 4 aromatic rings. The van der Waals surface area contributed by atoms with Gasteiger partial charge in [0, 0.05) is 22.5 Å². The zero-order chi connectivity index (χ0) is 21.9. The Hall–Kier alpha value is -3.09. The van der Waals surface area contributed by atoms with Crippen LogP contribution in [0.2, 0.25) is 0 Å². The van der Waals surface area contributed by atoms with Crippen molar-refractivity contribution in [3.8, 4) is 11.4 Å². The number of carbonyl (C=O) groups excluding carboxylic acids is 1. The Balaban J connectivity index is 1.49. The first-order valence-corrected chi connectivity index (χ1v) is 12.0. The second-order valence-corrected chi connectivity index (χ2v) is 9.23. The largest absolute Gasteiger partial charge is 0.348 e. The van der Waals surface area contributed by atoms with E-state index in [-0.39, 0.29) is 18.0 Å². The first-order valence-electron chi connectivity index (χ1n) is 11.1. The Bertz CT molecular complexity index is 1200. The van der Waals surface area contributed by atoms with E-state index >= 15 is 0 Å². The van der Waals surface area contributed by atoms with Crippen molar-refractivity contribution in [3.05, 3.63) is 82.7 Å². The van der Waals surface area contributed by atoms with Gasteiger partial charge in [0.1, 0.15) is 0 Å². The molecule has 3 aromatic heterocycles. The van der Waals surface area contributed by atoms with Crippen LogP contribution in [0.4, 0.5) is 0 Å². The number of amides is 1. The number of benzene rings is 1. The maximum absolute atomic E-state index is 13.6. The number of rotatable bonds is 6. The number of nitrogens with zero attached hydrogens (tertiary/aromatic N) is 3. The summed E-state index contributed by atoms with van der Waals surface area (Å²) in [5.41, 5.74) is 2.89. The minimum absolute atomic E-state index is 0.0236. The lowest BCUT2D eigenvalue weighted by Crippen LogP contribution is -2.43. The zero-order valence-electron chi connectivity index (χ0n) is 18.1. The fraction of sp³-hybridized carbons (Fsp3) is 0.269. The van der Waals surface area contributed by atoms with Crippen molar-refractivity contribution in [2.45, 2.75) is 31.8 Å². The molecule has 0 aliphatic carbocycles. The predicted molar refractivity (Wildman–Crippen MR) is 130 cm³/mol. The molecular formula is C26H26N4OS. The third kappa shape index (κ3) is 4.16. The maximum atomic E-state index is 13.6. The monoisotopic (exact) mass is 442 g/mol. The van der Waals surface area contributed by atoms with Crippen LogP contribution in [0, 0.1) is 0 Å². The van der Waals surface area contributed by atoms with Crippen molar-refractivity contribution in [2.24, 2.45) is 0 Å². The van der Waals surface area contributed by atoms with Gasteiger partial charge in [0.2, 0.25) is 0 Å². The third-order valence-electron chi connectivity index (χ3n) is 6.09. The van der Waals surface area contributed by atoms with Gasteiger partial charge < -0.3 is 5.32 Å². The molecule has 5 nitrogen and oxygen atoms in total. The van der Waals surface area contributed by atoms with E-state index in [1.54, 1.807) is 17.5 Å². The molecule has 1 aliphatic heterocycles. The van der Waals surface area contributed by atoms with Crippen LogP contribution in [0.25, 0.3) is 22.3 Å². The quantitative estimate of drug-likeness (QED) is 0.439. The summed E-state index contributed by atoms with van der Waals surface area (Å²) in [5.74, 6) is -0.0750. The van der Waals surface area contributed by atoms with Gasteiger partial charge in [-0.1, -0.05) is 30.3 Å². The molecule has 0 radical (unpaired) electrons. The average molecular weight is 443 g/mol. The number of likely N-dealkylation sites (tertiary alicyclic amines) is 1. The first kappa shape index (κ1) is 20.8. The van der Waals surface area contributed by atoms with Crippen LogP contribution in [0.3, 0.4) is 0 Å². The number of para-hydroxylation sites is 1. The highest BCUT2D eigenvalue weighted by molar-refractivity contribution is 7.10. The molecule has 1 saturated heterocycles. The first-order chi connectivity index (χ1) is 15.7. The van der Waals surface area contributed by atoms with Crippen LogP contribution < -0.4 is 5.32 Å². The van der Waals surface area contributed by atoms with Gasteiger partial charge in [0.15, 0.2) is 0 Å². The van der Waals surface area contributed by atoms with Gasteiger partial charge in [-0.25, -0.2) is 4.98 Å². The second kappa shape index (κ2) is 9.18. The Kier molecular flexibility index (Phi) is 5.97. The smallest absolute Gasteiger partial charge is 0.252 e. The molecule has 0 saturated carbocycles. The van der Waals surface area contributed by atoms with Crippen molar-refractivity contribution in [2.75, 3.05) is 13.1 Å². The Morgan fingerprint density at radius 2 is 1.84 bits per heavy atom. The van der Waals surface area contributed by atoms with Crippen LogP contribution in [-0.2, 0) is 0 Å². The van der Waals surface area contributed by atoms with Crippen LogP contribution >= 0.6 is 11.3 Å². The molecule has 2 atom stereocenters. The predicted octanol–water partition coefficient (Wildman–Crippen LogP) is 5.31. The van der Waals surface area contributed by atoms with Crippen molar-refractivity contribution < 1.29 is 4.79 Å². The van der Waals surface area contributed by atoms with Crippen LogP contribution in [-0.4, -0.2) is 39.9 Å². The Labute approximate surface area is 192 Å². The Morgan fingerprint density at radius 1 is 1.03 bits per heavy atom. The van der Waals surface area contributed by atoms with E-state index < -0.39 is 0 Å². The number of pyridine rings is 2. The molecule has 1 fully saturated rings. The lowest BCUT2D eigenvalue weighted by atomic mass is 10.0. The van der Waals surface area contributed by atoms with Crippen LogP contribution in [0.5, 0.6) is 0 Å². The lowest BCUT2D eigenvalue weighted by molar-refractivity contribution is 0.0909. The fourth-order valence-corrected chi connectivity index (χ4v) is 5.56. The molecule has 4 heterocycles. The SMILES string of the molecule is C[C@@H](NC(=O)c1cc(-c2ccccn2)nc2ccccc12)[C@@H](c1cccs1)N1CCCC1. The Morgan fingerprint density at radius 3 is 2.59 bits per heavy atom. The summed E-state index contributed by atoms with van der Waals surface area (Å²) < 4.78 is 0. The molecule has 1 aliphatic rings. The van der Waals surface area contributed by atoms with E-state index in [9.17, 15) is 4.79 Å². The van der Waals surface area contributed by atoms with Gasteiger partial charge in [-0.15, -0.1) is 11.3 Å². The number of hydrogen-bond donors (Lipinski definition) is 1. The van der Waals surface area contributed by atoms with Crippen LogP contribution in [0.15, 0.2) is 72.2 Å². The molecule has 1 amide bonds. The number of aromatic nitrogens is 2. The summed E-state index contributed by atoms with van der Waals surface area (Å²) in [6, 6.07) is 19.8. The van der Waals surface area contributed by atoms with Crippen molar-refractivity contribution in [1.82, 2.24) is 20.2 Å². The highest BCUT2D eigenvalue weighted by Gasteiger charge is 2.30. The number of thiophene rings is 1. The summed E-state index contributed by atoms with van der Waals surface area (Å²) in [7, 11) is 0. The summed E-state index contributed by atoms with van der Waals surface area (Å²) in [4.78, 5) is 26.6. The molecule has 0 spiro atoms. The molecular weight excluding hydrogens is 416 g/mol. The topological polar surface area (TPSA) is 58.1 Å². The maximum Gasteiger partial charge on any atom is 0.252 e. The number of carbonyl (C=O) groups is 1. The highest BCUT2D eigenvalue weighted by Crippen LogP contribution is 2.32. The van der Waals surface area contributed by atoms with Gasteiger partial charge in [0.05, 0.1) is 28.5 Å². The van der Waals surface area contributed by atoms with E-state index in [1.807, 2.05) is 48.5 Å². The summed E-state index contributed by atoms with van der Waals surface area (Å²) in [6.07, 6.45) is 4.17. The minimum atomic E-state index is -0.0750. The van der Waals surface area contributed by atoms with Gasteiger partial charge >= 0.3 is 0 Å². The average Bonchev–Trinajstić information content (AvgIpc) is 3.54. The van der Waals surface area contributed by atoms with Crippen molar-refractivity contribution in [1.29, 1.82) is 0 Å². The van der Waals surface area contributed by atoms with E-state index in [0.29, 0.717) is 11.3 Å². The van der Waals surface area contributed by atoms with Gasteiger partial charge in [0.25, 0.3) is 5.91 Å². The minimum Gasteiger partial charge on any atom is -0.348 e. The molecule has 5 rings (SSSR count). The van der Waals surface area contributed by atoms with Gasteiger partial charge in [-0.2, -0.15) is 0 Å². The number of nitrogens with one attached hydrogen (secondary N) is 1. The van der Waals surface area contributed by atoms with Crippen molar-refractivity contribution >= 4 is 28.1 Å². The molecule has 1 N–H and O–H groups in total. The molecule has 162 valence electrons. The normalized spacial score (nSPS) is 16.2. The highest BCUT2D eigenvalue weighted by atomic mass is 32.1. The molecule has 1 aromatic carbocycles. The summed E-state index contributed by atoms with van der Waals surface area (Å²) >= 11 is 1.76. The third-order valence-corrected chi connectivity index (χ3v) is 7.03. The van der Waals surface area contributed by atoms with Gasteiger partial charge in [-0.05, 0) is 68.6 Å². The van der Waals surface area contributed by atoms with E-state index in [1.165, 1.54) is 17.7 Å². The number of hydrogen-bond acceptors (Lipinski definition) is 5. The van der Waals surface area contributed by atoms with Gasteiger partial charge in [-0.3, -0.25) is 14.7 Å². The molecule has 6 heteroatoms. The zero-order valence-corrected chi connectivity index (χ0v) is 18.9. The number of fused-ring (bicyclic) bond motifs is 1. The summed E-state index contributed by atoms with van der Waals surface area (Å²) in [6.45, 7) is 4.26. The van der Waals surface area contributed by atoms with Crippen molar-refractivity contribution in [3.63, 3.8) is 0 Å². The second-order valence-electron chi connectivity index (χ2n) is 8.25. The van der Waals surface area contributed by atoms with Crippen LogP contribution in [0.1, 0.15) is 41.0 Å². The molecule has 0 bridgehead atoms. The standard InChI is InChI=1S/C26H26N4OS/c1-18(25(24-12-8-16-32-24)30-14-6-7-15-30)28-26(31)20-17-23(22-11-4-5-13-27-22)29-21-10-3-2-9-19(20)21/h2-5,8-13,16-18,25H,6-7,14-15H2,1H3,(H,28,31)/t18-,25+/m1/s1. The molecule has 0 unspecified atom stereocenters. The fourth-order valence-electron chi connectivity index (χ4n) is 4.59.